The fraction of sp³-hybridized carbons (Fsp3) is 0.529. The third-order valence-electron chi connectivity index (χ3n) is 5.36. The van der Waals surface area contributed by atoms with E-state index in [1.54, 1.807) is 6.92 Å². The summed E-state index contributed by atoms with van der Waals surface area (Å²) in [6.07, 6.45) is 1.55. The molecule has 2 rings (SSSR count). The van der Waals surface area contributed by atoms with Gasteiger partial charge in [0.05, 0.1) is 0 Å². The van der Waals surface area contributed by atoms with Crippen LogP contribution < -0.4 is 5.32 Å². The largest absolute Gasteiger partial charge is 0.326 e. The number of anilines is 1. The van der Waals surface area contributed by atoms with Crippen LogP contribution in [0, 0.1) is 16.7 Å². The summed E-state index contributed by atoms with van der Waals surface area (Å²) in [5.41, 5.74) is 0.0772. The second-order valence-electron chi connectivity index (χ2n) is 6.56. The van der Waals surface area contributed by atoms with Gasteiger partial charge in [0.25, 0.3) is 0 Å². The zero-order chi connectivity index (χ0) is 15.0. The van der Waals surface area contributed by atoms with Gasteiger partial charge in [0.2, 0.25) is 5.91 Å². The number of Topliss-reactive ketones (excluding diaryl/α,β-unsaturated/α-hetero) is 1. The molecule has 0 heterocycles. The number of hydrogen-bond acceptors (Lipinski definition) is 2. The third-order valence-corrected chi connectivity index (χ3v) is 5.36. The Balaban J connectivity index is 2.18. The Morgan fingerprint density at radius 2 is 1.75 bits per heavy atom. The Hall–Kier alpha value is -1.64. The second kappa shape index (κ2) is 5.04. The summed E-state index contributed by atoms with van der Waals surface area (Å²) in [7, 11) is 0. The van der Waals surface area contributed by atoms with E-state index < -0.39 is 5.41 Å². The number of carbonyl (C=O) groups is 2. The topological polar surface area (TPSA) is 46.2 Å². The van der Waals surface area contributed by atoms with Crippen LogP contribution in [0.25, 0.3) is 0 Å². The first-order valence-electron chi connectivity index (χ1n) is 7.16. The third kappa shape index (κ3) is 2.26. The van der Waals surface area contributed by atoms with E-state index >= 15 is 0 Å². The van der Waals surface area contributed by atoms with Crippen LogP contribution >= 0.6 is 0 Å². The van der Waals surface area contributed by atoms with Crippen LogP contribution in [0.3, 0.4) is 0 Å². The van der Waals surface area contributed by atoms with Gasteiger partial charge in [0.1, 0.15) is 5.78 Å². The number of carbonyl (C=O) groups excluding carboxylic acids is 2. The molecule has 1 aromatic carbocycles. The predicted octanol–water partition coefficient (Wildman–Crippen LogP) is 3.66. The molecule has 108 valence electrons. The lowest BCUT2D eigenvalue weighted by molar-refractivity contribution is -0.133. The van der Waals surface area contributed by atoms with Crippen LogP contribution in [-0.2, 0) is 9.59 Å². The van der Waals surface area contributed by atoms with Crippen molar-refractivity contribution in [1.82, 2.24) is 0 Å². The fourth-order valence-electron chi connectivity index (χ4n) is 3.34. The minimum Gasteiger partial charge on any atom is -0.326 e. The van der Waals surface area contributed by atoms with Crippen molar-refractivity contribution < 1.29 is 9.59 Å². The molecule has 0 radical (unpaired) electrons. The second-order valence-corrected chi connectivity index (χ2v) is 6.56. The molecule has 2 unspecified atom stereocenters. The van der Waals surface area contributed by atoms with Crippen molar-refractivity contribution in [3.8, 4) is 0 Å². The average Bonchev–Trinajstić information content (AvgIpc) is 2.63. The normalized spacial score (nSPS) is 28.1. The van der Waals surface area contributed by atoms with E-state index in [0.29, 0.717) is 0 Å². The molecule has 1 aliphatic carbocycles. The number of amides is 1. The predicted molar refractivity (Wildman–Crippen MR) is 80.4 cm³/mol. The molecule has 1 aliphatic rings. The van der Waals surface area contributed by atoms with Gasteiger partial charge < -0.3 is 5.32 Å². The minimum atomic E-state index is -0.411. The highest BCUT2D eigenvalue weighted by atomic mass is 16.2. The van der Waals surface area contributed by atoms with Crippen molar-refractivity contribution in [2.24, 2.45) is 16.7 Å². The monoisotopic (exact) mass is 273 g/mol. The van der Waals surface area contributed by atoms with Crippen molar-refractivity contribution >= 4 is 17.4 Å². The Labute approximate surface area is 120 Å². The molecule has 2 atom stereocenters. The molecule has 0 aliphatic heterocycles. The molecule has 1 saturated carbocycles. The molecule has 0 aromatic heterocycles. The van der Waals surface area contributed by atoms with E-state index in [2.05, 4.69) is 5.32 Å². The summed E-state index contributed by atoms with van der Waals surface area (Å²) >= 11 is 0. The molecule has 0 spiro atoms. The van der Waals surface area contributed by atoms with E-state index in [4.69, 9.17) is 0 Å². The summed E-state index contributed by atoms with van der Waals surface area (Å²) in [5.74, 6) is 0.0697. The SMILES string of the molecule is CC(=O)C1(C)CCC(C(=O)Nc2ccccc2)C1(C)C. The highest BCUT2D eigenvalue weighted by molar-refractivity contribution is 5.95. The van der Waals surface area contributed by atoms with Gasteiger partial charge >= 0.3 is 0 Å². The Morgan fingerprint density at radius 3 is 2.25 bits per heavy atom. The first kappa shape index (κ1) is 14.8. The Morgan fingerprint density at radius 1 is 1.15 bits per heavy atom. The number of nitrogens with one attached hydrogen (secondary N) is 1. The molecule has 1 aromatic rings. The number of benzene rings is 1. The maximum Gasteiger partial charge on any atom is 0.228 e. The first-order chi connectivity index (χ1) is 9.29. The van der Waals surface area contributed by atoms with Gasteiger partial charge in [-0.3, -0.25) is 9.59 Å². The highest BCUT2D eigenvalue weighted by Gasteiger charge is 2.56. The summed E-state index contributed by atoms with van der Waals surface area (Å²) in [4.78, 5) is 24.5. The quantitative estimate of drug-likeness (QED) is 0.913. The highest BCUT2D eigenvalue weighted by Crippen LogP contribution is 2.56. The smallest absolute Gasteiger partial charge is 0.228 e. The van der Waals surface area contributed by atoms with Crippen molar-refractivity contribution in [3.63, 3.8) is 0 Å². The van der Waals surface area contributed by atoms with Gasteiger partial charge in [0.15, 0.2) is 0 Å². The van der Waals surface area contributed by atoms with Crippen LogP contribution in [0.5, 0.6) is 0 Å². The lowest BCUT2D eigenvalue weighted by atomic mass is 9.63. The van der Waals surface area contributed by atoms with Crippen molar-refractivity contribution in [1.29, 1.82) is 0 Å². The van der Waals surface area contributed by atoms with Crippen molar-refractivity contribution in [3.05, 3.63) is 30.3 Å². The molecular formula is C17H23NO2. The van der Waals surface area contributed by atoms with Crippen LogP contribution in [0.2, 0.25) is 0 Å². The van der Waals surface area contributed by atoms with Gasteiger partial charge in [0, 0.05) is 17.0 Å². The molecule has 0 bridgehead atoms. The number of ketones is 1. The van der Waals surface area contributed by atoms with E-state index in [0.717, 1.165) is 18.5 Å². The standard InChI is InChI=1S/C17H23NO2/c1-12(19)17(4)11-10-14(16(17,2)3)15(20)18-13-8-6-5-7-9-13/h5-9,14H,10-11H2,1-4H3,(H,18,20). The van der Waals surface area contributed by atoms with Gasteiger partial charge in [-0.05, 0) is 37.3 Å². The molecule has 20 heavy (non-hydrogen) atoms. The summed E-state index contributed by atoms with van der Waals surface area (Å²) in [5, 5.41) is 2.97. The molecular weight excluding hydrogens is 250 g/mol. The Kier molecular flexibility index (Phi) is 3.72. The minimum absolute atomic E-state index is 0.0196. The molecule has 1 amide bonds. The number of rotatable bonds is 3. The zero-order valence-corrected chi connectivity index (χ0v) is 12.7. The van der Waals surface area contributed by atoms with E-state index in [1.165, 1.54) is 0 Å². The fourth-order valence-corrected chi connectivity index (χ4v) is 3.34. The molecule has 1 N–H and O–H groups in total. The van der Waals surface area contributed by atoms with Gasteiger partial charge in [-0.25, -0.2) is 0 Å². The van der Waals surface area contributed by atoms with E-state index in [1.807, 2.05) is 51.1 Å². The lowest BCUT2D eigenvalue weighted by Crippen LogP contribution is -2.43. The lowest BCUT2D eigenvalue weighted by Gasteiger charge is -2.39. The number of hydrogen-bond donors (Lipinski definition) is 1. The summed E-state index contributed by atoms with van der Waals surface area (Å²) in [6, 6.07) is 9.47. The number of para-hydroxylation sites is 1. The maximum atomic E-state index is 12.5. The van der Waals surface area contributed by atoms with Crippen LogP contribution in [-0.4, -0.2) is 11.7 Å². The van der Waals surface area contributed by atoms with Gasteiger partial charge in [-0.2, -0.15) is 0 Å². The average molecular weight is 273 g/mol. The van der Waals surface area contributed by atoms with Crippen molar-refractivity contribution in [2.45, 2.75) is 40.5 Å². The van der Waals surface area contributed by atoms with E-state index in [-0.39, 0.29) is 23.0 Å². The van der Waals surface area contributed by atoms with E-state index in [9.17, 15) is 9.59 Å². The zero-order valence-electron chi connectivity index (χ0n) is 12.7. The molecule has 1 fully saturated rings. The molecule has 3 heteroatoms. The van der Waals surface area contributed by atoms with Gasteiger partial charge in [-0.1, -0.05) is 39.0 Å². The van der Waals surface area contributed by atoms with Crippen LogP contribution in [0.1, 0.15) is 40.5 Å². The summed E-state index contributed by atoms with van der Waals surface area (Å²) in [6.45, 7) is 7.71. The van der Waals surface area contributed by atoms with Crippen molar-refractivity contribution in [2.75, 3.05) is 5.32 Å². The maximum absolute atomic E-state index is 12.5. The summed E-state index contributed by atoms with van der Waals surface area (Å²) < 4.78 is 0. The van der Waals surface area contributed by atoms with Crippen LogP contribution in [0.4, 0.5) is 5.69 Å². The molecule has 3 nitrogen and oxygen atoms in total. The van der Waals surface area contributed by atoms with Crippen LogP contribution in [0.15, 0.2) is 30.3 Å². The Bertz CT molecular complexity index is 521. The first-order valence-corrected chi connectivity index (χ1v) is 7.16. The molecule has 0 saturated heterocycles. The van der Waals surface area contributed by atoms with Gasteiger partial charge in [-0.15, -0.1) is 0 Å².